The molecule has 1 aliphatic rings. The molecule has 2 aromatic heterocycles. The van der Waals surface area contributed by atoms with Gasteiger partial charge in [-0.1, -0.05) is 37.8 Å². The summed E-state index contributed by atoms with van der Waals surface area (Å²) in [6.07, 6.45) is 4.43. The molecule has 2 aromatic carbocycles. The maximum atomic E-state index is 10.1. The van der Waals surface area contributed by atoms with Gasteiger partial charge >= 0.3 is 0 Å². The topological polar surface area (TPSA) is 76.3 Å². The molecular formula is C23H25N5O2. The molecule has 154 valence electrons. The largest absolute Gasteiger partial charge is 0.504 e. The van der Waals surface area contributed by atoms with Gasteiger partial charge in [-0.3, -0.25) is 4.68 Å². The van der Waals surface area contributed by atoms with E-state index in [1.807, 2.05) is 24.4 Å². The Hall–Kier alpha value is -3.61. The molecule has 1 N–H and O–H groups in total. The van der Waals surface area contributed by atoms with Crippen molar-refractivity contribution in [2.24, 2.45) is 0 Å². The summed E-state index contributed by atoms with van der Waals surface area (Å²) in [4.78, 5) is 11.1. The molecule has 0 unspecified atom stereocenters. The molecule has 0 amide bonds. The number of aromatic hydroxyl groups is 1. The fourth-order valence-corrected chi connectivity index (χ4v) is 3.90. The number of phenolic OH excluding ortho intramolecular Hbond substituents is 1. The molecule has 7 nitrogen and oxygen atoms in total. The third-order valence-electron chi connectivity index (χ3n) is 5.42. The van der Waals surface area contributed by atoms with Gasteiger partial charge < -0.3 is 14.7 Å². The number of hydrogen-bond donors (Lipinski definition) is 1. The number of hydrogen-bond acceptors (Lipinski definition) is 6. The molecule has 7 heteroatoms. The zero-order valence-corrected chi connectivity index (χ0v) is 16.1. The van der Waals surface area contributed by atoms with E-state index in [1.165, 1.54) is 16.8 Å². The van der Waals surface area contributed by atoms with Crippen LogP contribution in [0, 0.1) is 0 Å². The average molecular weight is 403 g/mol. The molecule has 5 rings (SSSR count). The van der Waals surface area contributed by atoms with Crippen molar-refractivity contribution in [2.45, 2.75) is 26.9 Å². The first kappa shape index (κ1) is 19.7. The number of ether oxygens (including phenoxy) is 1. The maximum absolute atomic E-state index is 10.1. The second-order valence-corrected chi connectivity index (χ2v) is 7.17. The van der Waals surface area contributed by atoms with Crippen LogP contribution >= 0.6 is 0 Å². The van der Waals surface area contributed by atoms with Gasteiger partial charge in [0.15, 0.2) is 11.5 Å². The van der Waals surface area contributed by atoms with Gasteiger partial charge in [0, 0.05) is 18.0 Å². The van der Waals surface area contributed by atoms with Crippen LogP contribution in [-0.2, 0) is 19.5 Å². The van der Waals surface area contributed by atoms with Crippen molar-refractivity contribution in [3.8, 4) is 11.5 Å². The van der Waals surface area contributed by atoms with Gasteiger partial charge in [0.1, 0.15) is 12.1 Å². The third kappa shape index (κ3) is 3.43. The van der Waals surface area contributed by atoms with Gasteiger partial charge in [0.05, 0.1) is 37.6 Å². The SMILES string of the molecule is C.COc1cc2c(N3CCc4cnn(Cc5ccccc5)c4C3)ncnc2cc1O. The summed E-state index contributed by atoms with van der Waals surface area (Å²) in [5, 5.41) is 15.6. The summed E-state index contributed by atoms with van der Waals surface area (Å²) in [5.41, 5.74) is 4.41. The van der Waals surface area contributed by atoms with Crippen molar-refractivity contribution in [2.75, 3.05) is 18.6 Å². The van der Waals surface area contributed by atoms with Gasteiger partial charge in [-0.15, -0.1) is 0 Å². The van der Waals surface area contributed by atoms with E-state index in [-0.39, 0.29) is 13.2 Å². The monoisotopic (exact) mass is 403 g/mol. The van der Waals surface area contributed by atoms with Crippen molar-refractivity contribution in [1.82, 2.24) is 19.7 Å². The first-order chi connectivity index (χ1) is 14.2. The summed E-state index contributed by atoms with van der Waals surface area (Å²) in [5.74, 6) is 1.33. The van der Waals surface area contributed by atoms with Crippen LogP contribution in [0.4, 0.5) is 5.82 Å². The van der Waals surface area contributed by atoms with Crippen molar-refractivity contribution in [1.29, 1.82) is 0 Å². The van der Waals surface area contributed by atoms with Gasteiger partial charge in [-0.25, -0.2) is 9.97 Å². The van der Waals surface area contributed by atoms with Crippen LogP contribution in [0.1, 0.15) is 24.2 Å². The quantitative estimate of drug-likeness (QED) is 0.559. The average Bonchev–Trinajstić information content (AvgIpc) is 3.15. The Balaban J connectivity index is 0.00000218. The van der Waals surface area contributed by atoms with Crippen LogP contribution in [0.3, 0.4) is 0 Å². The molecule has 3 heterocycles. The highest BCUT2D eigenvalue weighted by molar-refractivity contribution is 5.92. The molecule has 4 aromatic rings. The molecule has 0 bridgehead atoms. The Bertz CT molecular complexity index is 1170. The summed E-state index contributed by atoms with van der Waals surface area (Å²) in [6.45, 7) is 2.31. The van der Waals surface area contributed by atoms with Gasteiger partial charge in [-0.05, 0) is 23.6 Å². The van der Waals surface area contributed by atoms with Crippen LogP contribution in [0.15, 0.2) is 55.0 Å². The highest BCUT2D eigenvalue weighted by atomic mass is 16.5. The van der Waals surface area contributed by atoms with E-state index in [0.717, 1.165) is 37.3 Å². The highest BCUT2D eigenvalue weighted by Crippen LogP contribution is 2.35. The minimum Gasteiger partial charge on any atom is -0.504 e. The lowest BCUT2D eigenvalue weighted by atomic mass is 10.1. The molecule has 1 aliphatic heterocycles. The van der Waals surface area contributed by atoms with Crippen LogP contribution in [0.2, 0.25) is 0 Å². The third-order valence-corrected chi connectivity index (χ3v) is 5.42. The second kappa shape index (κ2) is 8.02. The first-order valence-corrected chi connectivity index (χ1v) is 9.57. The number of methoxy groups -OCH3 is 1. The molecule has 0 atom stereocenters. The zero-order valence-electron chi connectivity index (χ0n) is 16.1. The van der Waals surface area contributed by atoms with Crippen molar-refractivity contribution < 1.29 is 9.84 Å². The Labute approximate surface area is 175 Å². The lowest BCUT2D eigenvalue weighted by molar-refractivity contribution is 0.374. The highest BCUT2D eigenvalue weighted by Gasteiger charge is 2.24. The molecule has 0 spiro atoms. The molecular weight excluding hydrogens is 378 g/mol. The normalized spacial score (nSPS) is 13.0. The van der Waals surface area contributed by atoms with Crippen LogP contribution in [0.25, 0.3) is 10.9 Å². The van der Waals surface area contributed by atoms with E-state index < -0.39 is 0 Å². The maximum Gasteiger partial charge on any atom is 0.161 e. The molecule has 0 saturated carbocycles. The van der Waals surface area contributed by atoms with Crippen LogP contribution in [-0.4, -0.2) is 38.5 Å². The van der Waals surface area contributed by atoms with E-state index in [4.69, 9.17) is 4.74 Å². The molecule has 0 fully saturated rings. The number of benzene rings is 2. The fraction of sp³-hybridized carbons (Fsp3) is 0.261. The molecule has 0 aliphatic carbocycles. The number of rotatable bonds is 4. The minimum atomic E-state index is 0. The smallest absolute Gasteiger partial charge is 0.161 e. The molecule has 0 radical (unpaired) electrons. The van der Waals surface area contributed by atoms with E-state index in [2.05, 4.69) is 36.8 Å². The van der Waals surface area contributed by atoms with Crippen molar-refractivity contribution >= 4 is 16.7 Å². The second-order valence-electron chi connectivity index (χ2n) is 7.17. The van der Waals surface area contributed by atoms with E-state index >= 15 is 0 Å². The molecule has 30 heavy (non-hydrogen) atoms. The molecule has 0 saturated heterocycles. The van der Waals surface area contributed by atoms with E-state index in [0.29, 0.717) is 11.3 Å². The lowest BCUT2D eigenvalue weighted by Crippen LogP contribution is -2.32. The standard InChI is InChI=1S/C22H21N5O2.CH4/c1-29-21-9-17-18(10-20(21)28)23-14-24-22(17)26-8-7-16-11-25-27(19(16)13-26)12-15-5-3-2-4-6-15;/h2-6,9-11,14,28H,7-8,12-13H2,1H3;1H4. The number of nitrogens with zero attached hydrogens (tertiary/aromatic N) is 5. The van der Waals surface area contributed by atoms with E-state index in [9.17, 15) is 5.11 Å². The Morgan fingerprint density at radius 2 is 1.97 bits per heavy atom. The van der Waals surface area contributed by atoms with Crippen molar-refractivity contribution in [3.63, 3.8) is 0 Å². The zero-order chi connectivity index (χ0) is 19.8. The number of anilines is 1. The van der Waals surface area contributed by atoms with Crippen LogP contribution in [0.5, 0.6) is 11.5 Å². The van der Waals surface area contributed by atoms with Gasteiger partial charge in [0.2, 0.25) is 0 Å². The van der Waals surface area contributed by atoms with Crippen LogP contribution < -0.4 is 9.64 Å². The summed E-state index contributed by atoms with van der Waals surface area (Å²) in [7, 11) is 1.54. The van der Waals surface area contributed by atoms with Gasteiger partial charge in [-0.2, -0.15) is 5.10 Å². The summed E-state index contributed by atoms with van der Waals surface area (Å²) >= 11 is 0. The first-order valence-electron chi connectivity index (χ1n) is 9.57. The summed E-state index contributed by atoms with van der Waals surface area (Å²) < 4.78 is 7.36. The Kier molecular flexibility index (Phi) is 5.27. The van der Waals surface area contributed by atoms with Crippen molar-refractivity contribution in [3.05, 3.63) is 71.8 Å². The number of fused-ring (bicyclic) bond motifs is 2. The number of aromatic nitrogens is 4. The lowest BCUT2D eigenvalue weighted by Gasteiger charge is -2.29. The Morgan fingerprint density at radius 3 is 2.77 bits per heavy atom. The summed E-state index contributed by atoms with van der Waals surface area (Å²) in [6, 6.07) is 13.8. The van der Waals surface area contributed by atoms with E-state index in [1.54, 1.807) is 25.6 Å². The minimum absolute atomic E-state index is 0. The predicted molar refractivity (Wildman–Crippen MR) is 117 cm³/mol. The predicted octanol–water partition coefficient (Wildman–Crippen LogP) is 3.79. The Morgan fingerprint density at radius 1 is 1.13 bits per heavy atom. The van der Waals surface area contributed by atoms with Gasteiger partial charge in [0.25, 0.3) is 0 Å². The number of phenols is 1. The fourth-order valence-electron chi connectivity index (χ4n) is 3.90.